The standard InChI is InChI=1S/C79H37N13.C47H35N11/c1-84-61-29-49(45-82)27-58(31-61)54-17-21-74-66(36-54)65-35-53(57-25-47(43-80)24-48(26-57)44-81)16-20-73(65)91(74)77-40-69(79-89-70(51-12-8-6-9-13-51)41-71(90-79)52-14-10-7-11-15-52)72(88-5)42-78(77)92-75-22-18-55(59-28-50(46-83)30-62(32-59)85-2)37-67(75)68-38-56(19-23-76(68)92)60-33-63(86-3)39-64(34-60)87-4;1-25-20-26(2)50-47(49-25)37-23-43(57-39-14-10-8-12-33(39)35-18-16-31(21-41(35)57)45-53-27(3)51-28(4)54-45)44(24-38(37)48-7)58-40-15-11-9-13-34(40)36-19-17-32(22-42(36)58)46-55-29(5)52-30(6)56-46/h6-42H;8-24H,1-6H3. The van der Waals surface area contributed by atoms with Gasteiger partial charge in [-0.3, -0.25) is 0 Å². The van der Waals surface area contributed by atoms with E-state index < -0.39 is 0 Å². The molecule has 0 saturated carbocycles. The summed E-state index contributed by atoms with van der Waals surface area (Å²) in [5.74, 6) is 4.64. The van der Waals surface area contributed by atoms with Crippen molar-refractivity contribution in [1.82, 2.24) is 68.1 Å². The van der Waals surface area contributed by atoms with Crippen LogP contribution < -0.4 is 0 Å². The van der Waals surface area contributed by atoms with Gasteiger partial charge in [0.05, 0.1) is 153 Å². The quantitative estimate of drug-likeness (QED) is 0.0916. The molecule has 0 aliphatic heterocycles. The van der Waals surface area contributed by atoms with Gasteiger partial charge in [-0.1, -0.05) is 164 Å². The zero-order valence-electron chi connectivity index (χ0n) is 80.9. The second kappa shape index (κ2) is 37.3. The van der Waals surface area contributed by atoms with Gasteiger partial charge in [0.1, 0.15) is 34.9 Å². The normalized spacial score (nSPS) is 11.1. The van der Waals surface area contributed by atoms with Crippen molar-refractivity contribution in [3.05, 3.63) is 453 Å². The summed E-state index contributed by atoms with van der Waals surface area (Å²) in [4.78, 5) is 71.3. The number of nitriles is 4. The van der Waals surface area contributed by atoms with Crippen LogP contribution in [0.1, 0.15) is 56.9 Å². The maximum Gasteiger partial charge on any atom is 0.200 e. The Morgan fingerprint density at radius 3 is 0.867 bits per heavy atom. The summed E-state index contributed by atoms with van der Waals surface area (Å²) >= 11 is 0. The smallest absolute Gasteiger partial charge is 0.200 e. The molecule has 696 valence electrons. The summed E-state index contributed by atoms with van der Waals surface area (Å²) < 4.78 is 8.81. The molecule has 0 bridgehead atoms. The third kappa shape index (κ3) is 16.4. The van der Waals surface area contributed by atoms with E-state index in [1.54, 1.807) is 72.8 Å². The molecule has 0 unspecified atom stereocenters. The van der Waals surface area contributed by atoms with Crippen LogP contribution in [0.5, 0.6) is 0 Å². The zero-order chi connectivity index (χ0) is 103. The monoisotopic (exact) mass is 1920 g/mol. The number of fused-ring (bicyclic) bond motifs is 12. The van der Waals surface area contributed by atoms with Crippen LogP contribution in [-0.4, -0.2) is 68.1 Å². The van der Waals surface area contributed by atoms with Gasteiger partial charge in [0, 0.05) is 99.0 Å². The molecule has 0 spiro atoms. The number of para-hydroxylation sites is 2. The maximum atomic E-state index is 10.2. The van der Waals surface area contributed by atoms with Crippen LogP contribution in [0.4, 0.5) is 34.1 Å². The fraction of sp³-hybridized carbons (Fsp3) is 0.0476. The summed E-state index contributed by atoms with van der Waals surface area (Å²) in [5, 5.41) is 48.0. The lowest BCUT2D eigenvalue weighted by atomic mass is 9.97. The van der Waals surface area contributed by atoms with Crippen LogP contribution in [0.25, 0.3) is 252 Å². The summed E-state index contributed by atoms with van der Waals surface area (Å²) in [7, 11) is 0. The largest absolute Gasteiger partial charge is 0.308 e. The third-order valence-corrected chi connectivity index (χ3v) is 26.9. The van der Waals surface area contributed by atoms with Crippen LogP contribution in [0.2, 0.25) is 0 Å². The molecule has 8 aromatic heterocycles. The lowest BCUT2D eigenvalue weighted by molar-refractivity contribution is 0.928. The van der Waals surface area contributed by atoms with Crippen molar-refractivity contribution >= 4 is 121 Å². The van der Waals surface area contributed by atoms with Crippen molar-refractivity contribution in [1.29, 1.82) is 21.0 Å². The van der Waals surface area contributed by atoms with Gasteiger partial charge in [-0.05, 0) is 250 Å². The van der Waals surface area contributed by atoms with E-state index in [1.165, 1.54) is 0 Å². The molecule has 0 fully saturated rings. The summed E-state index contributed by atoms with van der Waals surface area (Å²) in [5.41, 5.74) is 25.8. The SMILES string of the molecule is [C-]#[N+]c1cc(-n2c3ccccc3c3ccc(-c4nc(C)nc(C)n4)cc32)c(-n2c3ccccc3c3ccc(-c4nc(C)nc(C)n4)cc32)cc1-c1nc(C)cc(C)n1.[C-]#[N+]c1cc(C#N)cc(-c2ccc3c(c2)c2cc(-c4cc([N+]#[C-])cc([N+]#[C-])c4)ccc2n3-c2cc([N+]#[C-])c(-c3nc(-c4ccccc4)cc(-c4ccccc4)n3)cc2-n2c3ccc(-c4cc(C#N)cc(C#N)c4)cc3c3cc(-c4cc(C#N)cc([N+]#[C-])c4)ccc32)c1. The molecular weight excluding hydrogens is 1850 g/mol. The number of nitrogens with zero attached hydrogens (tertiary/aromatic N) is 24. The highest BCUT2D eigenvalue weighted by molar-refractivity contribution is 6.17. The molecule has 0 atom stereocenters. The average Bonchev–Trinajstić information content (AvgIpc) is 1.56. The molecule has 0 aliphatic rings. The molecule has 24 rings (SSSR count). The number of aromatic nitrogens is 14. The first-order chi connectivity index (χ1) is 73.2. The Hall–Kier alpha value is -22.2. The molecule has 0 radical (unpaired) electrons. The second-order valence-electron chi connectivity index (χ2n) is 36.4. The van der Waals surface area contributed by atoms with Gasteiger partial charge in [0.25, 0.3) is 0 Å². The number of hydrogen-bond donors (Lipinski definition) is 0. The maximum absolute atomic E-state index is 10.2. The van der Waals surface area contributed by atoms with E-state index >= 15 is 0 Å². The van der Waals surface area contributed by atoms with Crippen molar-refractivity contribution < 1.29 is 0 Å². The van der Waals surface area contributed by atoms with Gasteiger partial charge in [0.2, 0.25) is 0 Å². The lowest BCUT2D eigenvalue weighted by Gasteiger charge is -2.20. The second-order valence-corrected chi connectivity index (χ2v) is 36.4. The molecule has 0 N–H and O–H groups in total. The van der Waals surface area contributed by atoms with E-state index in [0.717, 1.165) is 154 Å². The van der Waals surface area contributed by atoms with E-state index in [9.17, 15) is 21.0 Å². The predicted molar refractivity (Wildman–Crippen MR) is 587 cm³/mol. The van der Waals surface area contributed by atoms with Crippen molar-refractivity contribution in [2.24, 2.45) is 0 Å². The van der Waals surface area contributed by atoms with Gasteiger partial charge in [0.15, 0.2) is 45.8 Å². The topological polar surface area (TPSA) is 270 Å². The molecule has 8 heterocycles. The first-order valence-electron chi connectivity index (χ1n) is 47.5. The Labute approximate surface area is 859 Å². The van der Waals surface area contributed by atoms with Crippen LogP contribution in [0, 0.1) is 126 Å². The van der Waals surface area contributed by atoms with Gasteiger partial charge in [-0.2, -0.15) is 21.0 Å². The molecular formula is C126H72N24. The third-order valence-electron chi connectivity index (χ3n) is 26.9. The van der Waals surface area contributed by atoms with Gasteiger partial charge in [-0.15, -0.1) is 0 Å². The lowest BCUT2D eigenvalue weighted by Crippen LogP contribution is -2.05. The summed E-state index contributed by atoms with van der Waals surface area (Å²) in [6.07, 6.45) is 0. The molecule has 150 heavy (non-hydrogen) atoms. The zero-order valence-corrected chi connectivity index (χ0v) is 80.9. The van der Waals surface area contributed by atoms with Crippen molar-refractivity contribution in [2.45, 2.75) is 41.5 Å². The van der Waals surface area contributed by atoms with Crippen molar-refractivity contribution in [2.75, 3.05) is 0 Å². The molecule has 24 nitrogen and oxygen atoms in total. The fourth-order valence-corrected chi connectivity index (χ4v) is 20.5. The van der Waals surface area contributed by atoms with Gasteiger partial charge >= 0.3 is 0 Å². The minimum atomic E-state index is 0.239. The number of hydrogen-bond acceptors (Lipinski definition) is 14. The Morgan fingerprint density at radius 1 is 0.207 bits per heavy atom. The molecule has 24 heteroatoms. The van der Waals surface area contributed by atoms with E-state index in [2.05, 4.69) is 173 Å². The van der Waals surface area contributed by atoms with E-state index in [0.29, 0.717) is 153 Å². The first-order valence-corrected chi connectivity index (χ1v) is 47.5. The van der Waals surface area contributed by atoms with E-state index in [-0.39, 0.29) is 5.69 Å². The van der Waals surface area contributed by atoms with Crippen LogP contribution in [-0.2, 0) is 0 Å². The Bertz CT molecular complexity index is 9960. The predicted octanol–water partition coefficient (Wildman–Crippen LogP) is 31.0. The summed E-state index contributed by atoms with van der Waals surface area (Å²) in [6, 6.07) is 114. The highest BCUT2D eigenvalue weighted by Crippen LogP contribution is 2.50. The highest BCUT2D eigenvalue weighted by Gasteiger charge is 2.30. The average molecular weight is 1920 g/mol. The van der Waals surface area contributed by atoms with E-state index in [1.807, 2.05) is 205 Å². The van der Waals surface area contributed by atoms with E-state index in [4.69, 9.17) is 79.3 Å². The minimum absolute atomic E-state index is 0.239. The molecule has 0 aliphatic carbocycles. The Morgan fingerprint density at radius 2 is 0.507 bits per heavy atom. The number of aryl methyl sites for hydroxylation is 6. The van der Waals surface area contributed by atoms with Crippen molar-refractivity contribution in [3.63, 3.8) is 0 Å². The first kappa shape index (κ1) is 91.6. The number of rotatable bonds is 14. The molecule has 16 aromatic carbocycles. The van der Waals surface area contributed by atoms with Gasteiger partial charge in [-0.25, -0.2) is 78.9 Å². The Kier molecular flexibility index (Phi) is 22.8. The minimum Gasteiger partial charge on any atom is -0.308 e. The van der Waals surface area contributed by atoms with Crippen LogP contribution in [0.3, 0.4) is 0 Å². The molecule has 0 saturated heterocycles. The molecule has 24 aromatic rings. The Balaban J connectivity index is 0.000000182. The number of benzene rings is 16. The van der Waals surface area contributed by atoms with Gasteiger partial charge < -0.3 is 18.3 Å². The fourth-order valence-electron chi connectivity index (χ4n) is 20.5. The molecule has 0 amide bonds. The highest BCUT2D eigenvalue weighted by atomic mass is 15.1. The summed E-state index contributed by atoms with van der Waals surface area (Å²) in [6.45, 7) is 60.8. The van der Waals surface area contributed by atoms with Crippen LogP contribution in [0.15, 0.2) is 328 Å². The van der Waals surface area contributed by atoms with Crippen molar-refractivity contribution in [3.8, 4) is 160 Å². The van der Waals surface area contributed by atoms with Crippen LogP contribution >= 0.6 is 0 Å².